The molecular formula is C10H11N3O4S2. The van der Waals surface area contributed by atoms with Crippen LogP contribution < -0.4 is 4.72 Å². The summed E-state index contributed by atoms with van der Waals surface area (Å²) < 4.78 is 31.5. The van der Waals surface area contributed by atoms with Crippen LogP contribution in [0, 0.1) is 6.92 Å². The van der Waals surface area contributed by atoms with Crippen LogP contribution >= 0.6 is 11.3 Å². The molecule has 0 radical (unpaired) electrons. The quantitative estimate of drug-likeness (QED) is 0.830. The SMILES string of the molecule is COC(=O)c1scc(C)c1S(=O)(=O)Nc1cn[nH]c1. The lowest BCUT2D eigenvalue weighted by atomic mass is 10.3. The van der Waals surface area contributed by atoms with Crippen molar-refractivity contribution in [1.29, 1.82) is 0 Å². The zero-order valence-corrected chi connectivity index (χ0v) is 11.8. The Morgan fingerprint density at radius 2 is 2.26 bits per heavy atom. The molecule has 0 saturated carbocycles. The van der Waals surface area contributed by atoms with E-state index in [0.29, 0.717) is 11.3 Å². The van der Waals surface area contributed by atoms with Gasteiger partial charge in [0, 0.05) is 6.20 Å². The van der Waals surface area contributed by atoms with Crippen molar-refractivity contribution in [3.05, 3.63) is 28.2 Å². The number of H-pyrrole nitrogens is 1. The number of sulfonamides is 1. The summed E-state index contributed by atoms with van der Waals surface area (Å²) in [7, 11) is -2.65. The molecule has 0 aromatic carbocycles. The van der Waals surface area contributed by atoms with Gasteiger partial charge in [0.05, 0.1) is 19.0 Å². The average Bonchev–Trinajstić information content (AvgIpc) is 2.97. The Labute approximate surface area is 113 Å². The normalized spacial score (nSPS) is 11.3. The smallest absolute Gasteiger partial charge is 0.349 e. The van der Waals surface area contributed by atoms with E-state index in [1.807, 2.05) is 0 Å². The molecule has 2 aromatic heterocycles. The highest BCUT2D eigenvalue weighted by Crippen LogP contribution is 2.28. The van der Waals surface area contributed by atoms with E-state index in [9.17, 15) is 13.2 Å². The predicted molar refractivity (Wildman–Crippen MR) is 69.8 cm³/mol. The number of aryl methyl sites for hydroxylation is 1. The molecule has 2 rings (SSSR count). The zero-order chi connectivity index (χ0) is 14.0. The van der Waals surface area contributed by atoms with Crippen molar-refractivity contribution in [1.82, 2.24) is 10.2 Å². The highest BCUT2D eigenvalue weighted by atomic mass is 32.2. The van der Waals surface area contributed by atoms with Gasteiger partial charge in [-0.1, -0.05) is 0 Å². The number of rotatable bonds is 4. The molecule has 0 aliphatic heterocycles. The number of methoxy groups -OCH3 is 1. The van der Waals surface area contributed by atoms with Gasteiger partial charge in [-0.2, -0.15) is 5.10 Å². The molecule has 9 heteroatoms. The van der Waals surface area contributed by atoms with Crippen molar-refractivity contribution in [3.63, 3.8) is 0 Å². The maximum atomic E-state index is 12.3. The van der Waals surface area contributed by atoms with Gasteiger partial charge in [-0.05, 0) is 17.9 Å². The summed E-state index contributed by atoms with van der Waals surface area (Å²) in [6.45, 7) is 1.62. The van der Waals surface area contributed by atoms with Gasteiger partial charge in [0.1, 0.15) is 9.77 Å². The van der Waals surface area contributed by atoms with Crippen LogP contribution in [0.1, 0.15) is 15.2 Å². The number of aromatic amines is 1. The van der Waals surface area contributed by atoms with E-state index in [-0.39, 0.29) is 9.77 Å². The second-order valence-corrected chi connectivity index (χ2v) is 6.16. The summed E-state index contributed by atoms with van der Waals surface area (Å²) in [4.78, 5) is 11.6. The number of aromatic nitrogens is 2. The lowest BCUT2D eigenvalue weighted by molar-refractivity contribution is 0.0602. The third-order valence-electron chi connectivity index (χ3n) is 2.31. The first-order valence-corrected chi connectivity index (χ1v) is 7.50. The van der Waals surface area contributed by atoms with Gasteiger partial charge < -0.3 is 4.74 Å². The van der Waals surface area contributed by atoms with Crippen LogP contribution in [0.25, 0.3) is 0 Å². The van der Waals surface area contributed by atoms with E-state index in [1.54, 1.807) is 12.3 Å². The Kier molecular flexibility index (Phi) is 3.58. The monoisotopic (exact) mass is 301 g/mol. The fourth-order valence-corrected chi connectivity index (χ4v) is 4.26. The third-order valence-corrected chi connectivity index (χ3v) is 5.08. The molecule has 0 amide bonds. The van der Waals surface area contributed by atoms with Crippen molar-refractivity contribution in [3.8, 4) is 0 Å². The summed E-state index contributed by atoms with van der Waals surface area (Å²) >= 11 is 1.03. The number of anilines is 1. The first-order valence-electron chi connectivity index (χ1n) is 5.13. The van der Waals surface area contributed by atoms with Crippen LogP contribution in [0.2, 0.25) is 0 Å². The second-order valence-electron chi connectivity index (χ2n) is 3.66. The van der Waals surface area contributed by atoms with Crippen molar-refractivity contribution >= 4 is 33.0 Å². The molecule has 0 unspecified atom stereocenters. The number of carbonyl (C=O) groups is 1. The van der Waals surface area contributed by atoms with E-state index in [2.05, 4.69) is 19.7 Å². The van der Waals surface area contributed by atoms with Gasteiger partial charge >= 0.3 is 5.97 Å². The van der Waals surface area contributed by atoms with E-state index in [0.717, 1.165) is 11.3 Å². The molecule has 0 bridgehead atoms. The fraction of sp³-hybridized carbons (Fsp3) is 0.200. The van der Waals surface area contributed by atoms with Crippen molar-refractivity contribution in [2.24, 2.45) is 0 Å². The number of ether oxygens (including phenoxy) is 1. The minimum absolute atomic E-state index is 0.0518. The largest absolute Gasteiger partial charge is 0.465 e. The Morgan fingerprint density at radius 3 is 2.84 bits per heavy atom. The summed E-state index contributed by atoms with van der Waals surface area (Å²) in [6, 6.07) is 0. The molecule has 0 fully saturated rings. The number of hydrogen-bond acceptors (Lipinski definition) is 6. The molecule has 0 spiro atoms. The van der Waals surface area contributed by atoms with Crippen molar-refractivity contribution in [2.45, 2.75) is 11.8 Å². The minimum atomic E-state index is -3.86. The van der Waals surface area contributed by atoms with Crippen LogP contribution in [-0.4, -0.2) is 31.7 Å². The number of thiophene rings is 1. The number of carbonyl (C=O) groups excluding carboxylic acids is 1. The summed E-state index contributed by atoms with van der Waals surface area (Å²) in [6.07, 6.45) is 2.73. The number of nitrogens with one attached hydrogen (secondary N) is 2. The molecular weight excluding hydrogens is 290 g/mol. The molecule has 0 saturated heterocycles. The van der Waals surface area contributed by atoms with Gasteiger partial charge in [0.15, 0.2) is 0 Å². The Bertz CT molecular complexity index is 688. The zero-order valence-electron chi connectivity index (χ0n) is 10.1. The predicted octanol–water partition coefficient (Wildman–Crippen LogP) is 1.37. The Balaban J connectivity index is 2.46. The highest BCUT2D eigenvalue weighted by Gasteiger charge is 2.27. The number of nitrogens with zero attached hydrogens (tertiary/aromatic N) is 1. The maximum Gasteiger partial charge on any atom is 0.349 e. The minimum Gasteiger partial charge on any atom is -0.465 e. The summed E-state index contributed by atoms with van der Waals surface area (Å²) in [5, 5.41) is 7.73. The summed E-state index contributed by atoms with van der Waals surface area (Å²) in [5.41, 5.74) is 0.780. The first kappa shape index (κ1) is 13.6. The number of esters is 1. The van der Waals surface area contributed by atoms with Crippen molar-refractivity contribution < 1.29 is 17.9 Å². The second kappa shape index (κ2) is 5.02. The van der Waals surface area contributed by atoms with Gasteiger partial charge in [0.25, 0.3) is 10.0 Å². The van der Waals surface area contributed by atoms with E-state index in [4.69, 9.17) is 0 Å². The topological polar surface area (TPSA) is 101 Å². The van der Waals surface area contributed by atoms with E-state index < -0.39 is 16.0 Å². The third kappa shape index (κ3) is 2.61. The van der Waals surface area contributed by atoms with Crippen molar-refractivity contribution in [2.75, 3.05) is 11.8 Å². The van der Waals surface area contributed by atoms with Crippen LogP contribution in [-0.2, 0) is 14.8 Å². The Morgan fingerprint density at radius 1 is 1.53 bits per heavy atom. The molecule has 0 aliphatic rings. The molecule has 2 N–H and O–H groups in total. The first-order chi connectivity index (χ1) is 8.95. The van der Waals surface area contributed by atoms with E-state index in [1.165, 1.54) is 19.5 Å². The fourth-order valence-electron chi connectivity index (χ4n) is 1.51. The van der Waals surface area contributed by atoms with Gasteiger partial charge in [-0.15, -0.1) is 11.3 Å². The lowest BCUT2D eigenvalue weighted by Gasteiger charge is -2.07. The molecule has 7 nitrogen and oxygen atoms in total. The standard InChI is InChI=1S/C10H11N3O4S2/c1-6-5-18-8(10(14)17-2)9(6)19(15,16)13-7-3-11-12-4-7/h3-5,13H,1-2H3,(H,11,12). The average molecular weight is 301 g/mol. The molecule has 2 aromatic rings. The van der Waals surface area contributed by atoms with Gasteiger partial charge in [-0.25, -0.2) is 13.2 Å². The Hall–Kier alpha value is -1.87. The highest BCUT2D eigenvalue weighted by molar-refractivity contribution is 7.93. The molecule has 0 aliphatic carbocycles. The van der Waals surface area contributed by atoms with Gasteiger partial charge in [0.2, 0.25) is 0 Å². The maximum absolute atomic E-state index is 12.3. The van der Waals surface area contributed by atoms with Crippen LogP contribution in [0.4, 0.5) is 5.69 Å². The lowest BCUT2D eigenvalue weighted by Crippen LogP contribution is -2.16. The van der Waals surface area contributed by atoms with Crippen LogP contribution in [0.5, 0.6) is 0 Å². The summed E-state index contributed by atoms with van der Waals surface area (Å²) in [5.74, 6) is -0.675. The molecule has 19 heavy (non-hydrogen) atoms. The van der Waals surface area contributed by atoms with Crippen LogP contribution in [0.15, 0.2) is 22.7 Å². The molecule has 0 atom stereocenters. The van der Waals surface area contributed by atoms with Crippen LogP contribution in [0.3, 0.4) is 0 Å². The molecule has 2 heterocycles. The molecule has 102 valence electrons. The van der Waals surface area contributed by atoms with Gasteiger partial charge in [-0.3, -0.25) is 9.82 Å². The van der Waals surface area contributed by atoms with E-state index >= 15 is 0 Å². The number of hydrogen-bond donors (Lipinski definition) is 2.